The Labute approximate surface area is 202 Å². The second-order valence-electron chi connectivity index (χ2n) is 9.05. The summed E-state index contributed by atoms with van der Waals surface area (Å²) in [4.78, 5) is 28.6. The molecule has 0 bridgehead atoms. The van der Waals surface area contributed by atoms with Crippen LogP contribution in [0.4, 0.5) is 13.6 Å². The summed E-state index contributed by atoms with van der Waals surface area (Å²) < 4.78 is 30.5. The number of carbonyl (C=O) groups is 1. The lowest BCUT2D eigenvalue weighted by Gasteiger charge is -2.47. The average Bonchev–Trinajstić information content (AvgIpc) is 3.19. The minimum Gasteiger partial charge on any atom is -0.465 e. The molecule has 0 atom stereocenters. The predicted molar refractivity (Wildman–Crippen MR) is 127 cm³/mol. The molecule has 3 N–H and O–H groups in total. The predicted octanol–water partition coefficient (Wildman–Crippen LogP) is 4.01. The van der Waals surface area contributed by atoms with Crippen LogP contribution in [0.3, 0.4) is 0 Å². The molecule has 36 heavy (non-hydrogen) atoms. The van der Waals surface area contributed by atoms with Gasteiger partial charge in [0.05, 0.1) is 16.4 Å². The van der Waals surface area contributed by atoms with E-state index in [2.05, 4.69) is 15.4 Å². The number of aromatic amines is 1. The normalized spacial score (nSPS) is 16.1. The van der Waals surface area contributed by atoms with Crippen molar-refractivity contribution in [3.8, 4) is 16.8 Å². The highest BCUT2D eigenvalue weighted by molar-refractivity contribution is 5.92. The summed E-state index contributed by atoms with van der Waals surface area (Å²) in [6.07, 6.45) is 0.840. The van der Waals surface area contributed by atoms with Gasteiger partial charge in [-0.1, -0.05) is 42.5 Å². The Kier molecular flexibility index (Phi) is 4.69. The molecule has 0 spiro atoms. The van der Waals surface area contributed by atoms with Gasteiger partial charge in [0.15, 0.2) is 5.69 Å². The molecule has 2 aromatic carbocycles. The molecule has 3 heterocycles. The quantitative estimate of drug-likeness (QED) is 0.333. The van der Waals surface area contributed by atoms with Crippen LogP contribution < -0.4 is 15.7 Å². The molecule has 5 aromatic rings. The van der Waals surface area contributed by atoms with Crippen molar-refractivity contribution in [3.63, 3.8) is 0 Å². The minimum absolute atomic E-state index is 0.358. The zero-order valence-electron chi connectivity index (χ0n) is 18.8. The molecule has 0 aliphatic heterocycles. The van der Waals surface area contributed by atoms with E-state index < -0.39 is 30.4 Å². The van der Waals surface area contributed by atoms with Gasteiger partial charge in [0.25, 0.3) is 5.92 Å². The Balaban J connectivity index is 1.48. The monoisotopic (exact) mass is 488 g/mol. The SMILES string of the molecule is O=C(O)NC1(c2ccc(-[n+]3[nH]c(=O)n4ccc5ncc(-c6ccccc6)cc5c43)cc2)CC(F)(F)C1. The second-order valence-corrected chi connectivity index (χ2v) is 9.05. The first-order chi connectivity index (χ1) is 17.2. The fourth-order valence-electron chi connectivity index (χ4n) is 5.03. The Hall–Kier alpha value is -4.60. The number of amides is 1. The molecular weight excluding hydrogens is 468 g/mol. The largest absolute Gasteiger partial charge is 0.465 e. The zero-order chi connectivity index (χ0) is 25.1. The molecule has 1 aliphatic carbocycles. The first-order valence-corrected chi connectivity index (χ1v) is 11.3. The third-order valence-corrected chi connectivity index (χ3v) is 6.66. The molecule has 0 unspecified atom stereocenters. The summed E-state index contributed by atoms with van der Waals surface area (Å²) in [5, 5.41) is 15.0. The number of alkyl halides is 2. The third kappa shape index (κ3) is 3.49. The zero-order valence-corrected chi connectivity index (χ0v) is 18.8. The highest BCUT2D eigenvalue weighted by Gasteiger charge is 2.58. The second kappa shape index (κ2) is 7.70. The maximum absolute atomic E-state index is 13.7. The van der Waals surface area contributed by atoms with E-state index in [-0.39, 0.29) is 5.69 Å². The van der Waals surface area contributed by atoms with Crippen LogP contribution >= 0.6 is 0 Å². The highest BCUT2D eigenvalue weighted by Crippen LogP contribution is 2.51. The molecular formula is C26H20F2N5O3+. The molecule has 1 aliphatic rings. The van der Waals surface area contributed by atoms with E-state index in [1.54, 1.807) is 47.4 Å². The van der Waals surface area contributed by atoms with Crippen LogP contribution in [0.25, 0.3) is 33.4 Å². The number of hydrogen-bond acceptors (Lipinski definition) is 3. The van der Waals surface area contributed by atoms with Crippen LogP contribution in [-0.2, 0) is 5.54 Å². The number of carboxylic acid groups (broad SMARTS) is 1. The topological polar surface area (TPSA) is 103 Å². The van der Waals surface area contributed by atoms with Crippen molar-refractivity contribution in [1.82, 2.24) is 19.8 Å². The number of pyridine rings is 2. The van der Waals surface area contributed by atoms with E-state index in [9.17, 15) is 23.5 Å². The van der Waals surface area contributed by atoms with Crippen molar-refractivity contribution in [1.29, 1.82) is 0 Å². The Morgan fingerprint density at radius 1 is 1.06 bits per heavy atom. The summed E-state index contributed by atoms with van der Waals surface area (Å²) in [7, 11) is 0. The molecule has 1 saturated carbocycles. The van der Waals surface area contributed by atoms with E-state index in [1.807, 2.05) is 36.4 Å². The first kappa shape index (κ1) is 21.9. The van der Waals surface area contributed by atoms with E-state index in [0.29, 0.717) is 22.4 Å². The fourth-order valence-corrected chi connectivity index (χ4v) is 5.03. The number of rotatable bonds is 4. The number of hydrogen-bond donors (Lipinski definition) is 3. The molecule has 1 fully saturated rings. The maximum atomic E-state index is 13.7. The smallest absolute Gasteiger partial charge is 0.449 e. The number of nitrogens with one attached hydrogen (secondary N) is 2. The van der Waals surface area contributed by atoms with Crippen LogP contribution in [-0.4, -0.2) is 31.6 Å². The van der Waals surface area contributed by atoms with Gasteiger partial charge in [0, 0.05) is 30.7 Å². The molecule has 1 amide bonds. The minimum atomic E-state index is -2.93. The highest BCUT2D eigenvalue weighted by atomic mass is 19.3. The van der Waals surface area contributed by atoms with Crippen molar-refractivity contribution < 1.29 is 23.4 Å². The summed E-state index contributed by atoms with van der Waals surface area (Å²) in [6, 6.07) is 20.0. The summed E-state index contributed by atoms with van der Waals surface area (Å²) >= 11 is 0. The van der Waals surface area contributed by atoms with Crippen LogP contribution in [0, 0.1) is 0 Å². The van der Waals surface area contributed by atoms with Crippen molar-refractivity contribution in [2.75, 3.05) is 0 Å². The van der Waals surface area contributed by atoms with E-state index >= 15 is 0 Å². The number of H-pyrrole nitrogens is 1. The van der Waals surface area contributed by atoms with E-state index in [0.717, 1.165) is 16.5 Å². The Morgan fingerprint density at radius 2 is 1.78 bits per heavy atom. The van der Waals surface area contributed by atoms with Crippen LogP contribution in [0.2, 0.25) is 0 Å². The summed E-state index contributed by atoms with van der Waals surface area (Å²) in [6.45, 7) is 0. The number of halogens is 2. The molecule has 0 saturated heterocycles. The molecule has 10 heteroatoms. The van der Waals surface area contributed by atoms with Crippen molar-refractivity contribution in [3.05, 3.63) is 95.2 Å². The maximum Gasteiger partial charge on any atom is 0.449 e. The van der Waals surface area contributed by atoms with Gasteiger partial charge in [-0.2, -0.15) is 0 Å². The van der Waals surface area contributed by atoms with Crippen molar-refractivity contribution in [2.24, 2.45) is 0 Å². The molecule has 0 radical (unpaired) electrons. The number of nitrogens with zero attached hydrogens (tertiary/aromatic N) is 3. The summed E-state index contributed by atoms with van der Waals surface area (Å²) in [5.74, 6) is -2.93. The van der Waals surface area contributed by atoms with E-state index in [1.165, 1.54) is 4.40 Å². The fraction of sp³-hybridized carbons (Fsp3) is 0.154. The Morgan fingerprint density at radius 3 is 2.44 bits per heavy atom. The standard InChI is InChI=1S/C26H19F2N5O3/c27-26(28)14-25(15-26,30-24(35)36)18-6-8-19(9-7-18)33-22-20-12-17(16-4-2-1-3-5-16)13-29-21(20)10-11-32(22)23(34)31-33/h1-13,30H,14-15H2,(H-,31,34,35,36)/p+1. The molecule has 6 rings (SSSR count). The van der Waals surface area contributed by atoms with Gasteiger partial charge >= 0.3 is 17.4 Å². The van der Waals surface area contributed by atoms with Crippen LogP contribution in [0.1, 0.15) is 18.4 Å². The number of fused-ring (bicyclic) bond motifs is 3. The number of benzene rings is 2. The number of aromatic nitrogens is 4. The van der Waals surface area contributed by atoms with Crippen molar-refractivity contribution in [2.45, 2.75) is 24.3 Å². The van der Waals surface area contributed by atoms with Gasteiger partial charge < -0.3 is 10.4 Å². The average molecular weight is 488 g/mol. The Bertz CT molecular complexity index is 1690. The van der Waals surface area contributed by atoms with Gasteiger partial charge in [-0.15, -0.1) is 14.2 Å². The van der Waals surface area contributed by atoms with Gasteiger partial charge in [-0.3, -0.25) is 4.98 Å². The lowest BCUT2D eigenvalue weighted by atomic mass is 9.69. The summed E-state index contributed by atoms with van der Waals surface area (Å²) in [5.41, 5.74) is 2.43. The van der Waals surface area contributed by atoms with Crippen LogP contribution in [0.5, 0.6) is 0 Å². The molecule has 3 aromatic heterocycles. The van der Waals surface area contributed by atoms with E-state index in [4.69, 9.17) is 0 Å². The van der Waals surface area contributed by atoms with Gasteiger partial charge in [-0.25, -0.2) is 18.4 Å². The third-order valence-electron chi connectivity index (χ3n) is 6.66. The molecule has 8 nitrogen and oxygen atoms in total. The van der Waals surface area contributed by atoms with Crippen molar-refractivity contribution >= 4 is 22.6 Å². The lowest BCUT2D eigenvalue weighted by Crippen LogP contribution is -2.59. The first-order valence-electron chi connectivity index (χ1n) is 11.3. The lowest BCUT2D eigenvalue weighted by molar-refractivity contribution is -0.631. The van der Waals surface area contributed by atoms with Gasteiger partial charge in [-0.05, 0) is 29.3 Å². The molecule has 180 valence electrons. The van der Waals surface area contributed by atoms with Gasteiger partial charge in [0.1, 0.15) is 6.20 Å². The van der Waals surface area contributed by atoms with Gasteiger partial charge in [0.2, 0.25) is 0 Å². The van der Waals surface area contributed by atoms with Crippen LogP contribution in [0.15, 0.2) is 83.9 Å².